The van der Waals surface area contributed by atoms with Gasteiger partial charge in [0.1, 0.15) is 11.6 Å². The van der Waals surface area contributed by atoms with Gasteiger partial charge in [-0.3, -0.25) is 4.79 Å². The number of benzene rings is 1. The second-order valence-corrected chi connectivity index (χ2v) is 3.64. The molecule has 0 spiro atoms. The van der Waals surface area contributed by atoms with Gasteiger partial charge in [0.15, 0.2) is 0 Å². The molecule has 94 valence electrons. The largest absolute Gasteiger partial charge is 0.493 e. The first-order valence-electron chi connectivity index (χ1n) is 5.12. The molecule has 1 atom stereocenters. The molecule has 1 aliphatic rings. The Hall–Kier alpha value is -1.33. The number of hydrogen-bond donors (Lipinski definition) is 2. The first-order chi connectivity index (χ1) is 7.70. The molecule has 17 heavy (non-hydrogen) atoms. The van der Waals surface area contributed by atoms with Crippen molar-refractivity contribution in [3.05, 3.63) is 29.6 Å². The molecule has 0 aliphatic carbocycles. The number of nitrogens with two attached hydrogens (primary N) is 1. The van der Waals surface area contributed by atoms with Crippen molar-refractivity contribution < 1.29 is 13.9 Å². The maximum Gasteiger partial charge on any atom is 0.234 e. The normalized spacial score (nSPS) is 17.4. The maximum absolute atomic E-state index is 13.1. The minimum Gasteiger partial charge on any atom is -0.493 e. The number of fused-ring (bicyclic) bond motifs is 1. The second kappa shape index (κ2) is 5.84. The molecule has 0 saturated carbocycles. The molecule has 0 fully saturated rings. The third kappa shape index (κ3) is 3.08. The number of nitrogens with one attached hydrogen (secondary N) is 1. The van der Waals surface area contributed by atoms with Crippen LogP contribution in [0.5, 0.6) is 5.75 Å². The molecule has 0 aromatic heterocycles. The Morgan fingerprint density at radius 3 is 3.06 bits per heavy atom. The summed E-state index contributed by atoms with van der Waals surface area (Å²) in [7, 11) is 0. The van der Waals surface area contributed by atoms with Crippen LogP contribution < -0.4 is 15.8 Å². The summed E-state index contributed by atoms with van der Waals surface area (Å²) < 4.78 is 18.5. The van der Waals surface area contributed by atoms with E-state index < -0.39 is 0 Å². The van der Waals surface area contributed by atoms with E-state index in [1.165, 1.54) is 12.1 Å². The molecule has 1 aromatic carbocycles. The van der Waals surface area contributed by atoms with Gasteiger partial charge in [0.05, 0.1) is 19.2 Å². The number of hydrogen-bond acceptors (Lipinski definition) is 3. The number of carbonyl (C=O) groups excluding carboxylic acids is 1. The van der Waals surface area contributed by atoms with Crippen LogP contribution >= 0.6 is 12.4 Å². The summed E-state index contributed by atoms with van der Waals surface area (Å²) in [5, 5.41) is 2.74. The van der Waals surface area contributed by atoms with Crippen molar-refractivity contribution in [1.82, 2.24) is 5.32 Å². The van der Waals surface area contributed by atoms with Gasteiger partial charge in [0.25, 0.3) is 0 Å². The fourth-order valence-corrected chi connectivity index (χ4v) is 1.77. The first kappa shape index (κ1) is 13.7. The first-order valence-corrected chi connectivity index (χ1v) is 5.12. The van der Waals surface area contributed by atoms with Crippen molar-refractivity contribution in [3.8, 4) is 5.75 Å². The summed E-state index contributed by atoms with van der Waals surface area (Å²) in [4.78, 5) is 11.2. The predicted molar refractivity (Wildman–Crippen MR) is 63.7 cm³/mol. The lowest BCUT2D eigenvalue weighted by atomic mass is 10.0. The Labute approximate surface area is 105 Å². The van der Waals surface area contributed by atoms with E-state index in [-0.39, 0.29) is 36.7 Å². The lowest BCUT2D eigenvalue weighted by Crippen LogP contribution is -2.36. The van der Waals surface area contributed by atoms with Gasteiger partial charge in [0.2, 0.25) is 5.91 Å². The zero-order valence-corrected chi connectivity index (χ0v) is 9.93. The molecular weight excluding hydrogens is 247 g/mol. The molecule has 0 radical (unpaired) electrons. The third-order valence-electron chi connectivity index (χ3n) is 2.53. The topological polar surface area (TPSA) is 64.4 Å². The van der Waals surface area contributed by atoms with E-state index >= 15 is 0 Å². The van der Waals surface area contributed by atoms with Gasteiger partial charge >= 0.3 is 0 Å². The van der Waals surface area contributed by atoms with Gasteiger partial charge in [-0.15, -0.1) is 12.4 Å². The van der Waals surface area contributed by atoms with Crippen LogP contribution in [-0.4, -0.2) is 19.1 Å². The van der Waals surface area contributed by atoms with Crippen molar-refractivity contribution in [2.75, 3.05) is 13.2 Å². The molecule has 4 nitrogen and oxygen atoms in total. The van der Waals surface area contributed by atoms with Gasteiger partial charge < -0.3 is 15.8 Å². The Kier molecular flexibility index (Phi) is 4.72. The highest BCUT2D eigenvalue weighted by molar-refractivity contribution is 5.85. The van der Waals surface area contributed by atoms with E-state index in [0.29, 0.717) is 24.3 Å². The van der Waals surface area contributed by atoms with E-state index in [9.17, 15) is 9.18 Å². The average molecular weight is 261 g/mol. The summed E-state index contributed by atoms with van der Waals surface area (Å²) >= 11 is 0. The van der Waals surface area contributed by atoms with E-state index in [2.05, 4.69) is 5.32 Å². The van der Waals surface area contributed by atoms with Crippen LogP contribution in [0.15, 0.2) is 18.2 Å². The molecule has 0 saturated heterocycles. The van der Waals surface area contributed by atoms with Gasteiger partial charge in [-0.1, -0.05) is 0 Å². The highest BCUT2D eigenvalue weighted by atomic mass is 35.5. The number of amides is 1. The summed E-state index contributed by atoms with van der Waals surface area (Å²) in [5.74, 6) is 0.0355. The summed E-state index contributed by atoms with van der Waals surface area (Å²) in [6, 6.07) is 4.09. The minimum absolute atomic E-state index is 0. The fourth-order valence-electron chi connectivity index (χ4n) is 1.77. The van der Waals surface area contributed by atoms with Crippen LogP contribution in [0.25, 0.3) is 0 Å². The summed E-state index contributed by atoms with van der Waals surface area (Å²) in [6.45, 7) is 0.441. The molecule has 1 heterocycles. The number of carbonyl (C=O) groups is 1. The standard InChI is InChI=1S/C11H13FN2O2.ClH/c12-7-1-2-10-8(5-7)9(3-4-16-10)14-11(15)6-13;/h1-2,5,9H,3-4,6,13H2,(H,14,15);1H. The van der Waals surface area contributed by atoms with Crippen LogP contribution in [0.4, 0.5) is 4.39 Å². The van der Waals surface area contributed by atoms with Crippen LogP contribution in [0.2, 0.25) is 0 Å². The van der Waals surface area contributed by atoms with Gasteiger partial charge in [-0.2, -0.15) is 0 Å². The van der Waals surface area contributed by atoms with Gasteiger partial charge in [0, 0.05) is 12.0 Å². The van der Waals surface area contributed by atoms with Gasteiger partial charge in [-0.05, 0) is 18.2 Å². The monoisotopic (exact) mass is 260 g/mol. The van der Waals surface area contributed by atoms with Crippen molar-refractivity contribution in [3.63, 3.8) is 0 Å². The predicted octanol–water partition coefficient (Wildman–Crippen LogP) is 1.15. The molecular formula is C11H14ClFN2O2. The van der Waals surface area contributed by atoms with Gasteiger partial charge in [-0.25, -0.2) is 4.39 Å². The highest BCUT2D eigenvalue weighted by Gasteiger charge is 2.22. The fraction of sp³-hybridized carbons (Fsp3) is 0.364. The maximum atomic E-state index is 13.1. The van der Waals surface area contributed by atoms with Crippen LogP contribution in [0.1, 0.15) is 18.0 Å². The molecule has 0 bridgehead atoms. The lowest BCUT2D eigenvalue weighted by Gasteiger charge is -2.26. The molecule has 3 N–H and O–H groups in total. The molecule has 1 aromatic rings. The molecule has 1 unspecified atom stereocenters. The second-order valence-electron chi connectivity index (χ2n) is 3.64. The van der Waals surface area contributed by atoms with Crippen molar-refractivity contribution in [2.45, 2.75) is 12.5 Å². The lowest BCUT2D eigenvalue weighted by molar-refractivity contribution is -0.120. The Morgan fingerprint density at radius 2 is 2.35 bits per heavy atom. The summed E-state index contributed by atoms with van der Waals surface area (Å²) in [6.07, 6.45) is 0.627. The zero-order chi connectivity index (χ0) is 11.5. The smallest absolute Gasteiger partial charge is 0.234 e. The van der Waals surface area contributed by atoms with Crippen LogP contribution in [-0.2, 0) is 4.79 Å². The van der Waals surface area contributed by atoms with Crippen molar-refractivity contribution >= 4 is 18.3 Å². The molecule has 6 heteroatoms. The van der Waals surface area contributed by atoms with Crippen molar-refractivity contribution in [1.29, 1.82) is 0 Å². The van der Waals surface area contributed by atoms with E-state index in [1.54, 1.807) is 6.07 Å². The number of rotatable bonds is 2. The van der Waals surface area contributed by atoms with Crippen LogP contribution in [0, 0.1) is 5.82 Å². The molecule has 2 rings (SSSR count). The SMILES string of the molecule is Cl.NCC(=O)NC1CCOc2ccc(F)cc21. The average Bonchev–Trinajstić information content (AvgIpc) is 2.29. The third-order valence-corrected chi connectivity index (χ3v) is 2.53. The minimum atomic E-state index is -0.337. The van der Waals surface area contributed by atoms with E-state index in [1.807, 2.05) is 0 Å². The Bertz CT molecular complexity index is 414. The quantitative estimate of drug-likeness (QED) is 0.838. The van der Waals surface area contributed by atoms with E-state index in [0.717, 1.165) is 0 Å². The Balaban J connectivity index is 0.00000144. The van der Waals surface area contributed by atoms with Crippen molar-refractivity contribution in [2.24, 2.45) is 5.73 Å². The van der Waals surface area contributed by atoms with E-state index in [4.69, 9.17) is 10.5 Å². The zero-order valence-electron chi connectivity index (χ0n) is 9.11. The molecule has 1 aliphatic heterocycles. The summed E-state index contributed by atoms with van der Waals surface area (Å²) in [5.41, 5.74) is 5.90. The Morgan fingerprint density at radius 1 is 1.59 bits per heavy atom. The van der Waals surface area contributed by atoms with Crippen LogP contribution in [0.3, 0.4) is 0 Å². The highest BCUT2D eigenvalue weighted by Crippen LogP contribution is 2.32. The molecule has 1 amide bonds. The number of halogens is 2. The number of ether oxygens (including phenoxy) is 1.